The molecule has 5 rings (SSSR count). The third-order valence-corrected chi connectivity index (χ3v) is 7.08. The highest BCUT2D eigenvalue weighted by atomic mass is 32.1. The van der Waals surface area contributed by atoms with Crippen molar-refractivity contribution in [2.45, 2.75) is 32.4 Å². The summed E-state index contributed by atoms with van der Waals surface area (Å²) in [5.41, 5.74) is 4.12. The second kappa shape index (κ2) is 10.8. The number of benzene rings is 3. The fraction of sp³-hybridized carbons (Fsp3) is 0.250. The quantitative estimate of drug-likeness (QED) is 0.311. The number of rotatable bonds is 7. The number of hydrogen-bond donors (Lipinski definition) is 2. The van der Waals surface area contributed by atoms with Crippen LogP contribution < -0.4 is 10.6 Å². The van der Waals surface area contributed by atoms with Crippen molar-refractivity contribution in [2.75, 3.05) is 23.8 Å². The minimum atomic E-state index is -0.403. The molecule has 1 aliphatic rings. The molecule has 184 valence electrons. The van der Waals surface area contributed by atoms with Crippen LogP contribution in [0.5, 0.6) is 0 Å². The Morgan fingerprint density at radius 3 is 2.53 bits per heavy atom. The number of anilines is 2. The molecule has 4 aromatic rings. The first-order valence-electron chi connectivity index (χ1n) is 12.2. The van der Waals surface area contributed by atoms with E-state index in [9.17, 15) is 4.79 Å². The van der Waals surface area contributed by atoms with Crippen molar-refractivity contribution < 1.29 is 9.53 Å². The number of aromatic nitrogens is 1. The zero-order chi connectivity index (χ0) is 24.9. The number of nitrogens with one attached hydrogen (secondary N) is 2. The van der Waals surface area contributed by atoms with E-state index in [-0.39, 0.29) is 12.1 Å². The molecule has 0 fully saturated rings. The van der Waals surface area contributed by atoms with Gasteiger partial charge < -0.3 is 15.4 Å². The van der Waals surface area contributed by atoms with Gasteiger partial charge in [0.25, 0.3) is 0 Å². The predicted octanol–water partition coefficient (Wildman–Crippen LogP) is 6.32. The lowest BCUT2D eigenvalue weighted by Crippen LogP contribution is -2.41. The maximum absolute atomic E-state index is 12.9. The standard InChI is InChI=1S/C28H29N5O2S/c1-3-35-28(34)33-25(21-9-5-4-6-10-21)19(2)30-26(33)31-22-15-13-20(14-16-22)17-18-29-27-32-23-11-7-8-12-24(23)36-27/h4-16,19,25H,3,17-18H2,1-2H3,(H,29,32)(H,30,31). The van der Waals surface area contributed by atoms with Gasteiger partial charge in [0.15, 0.2) is 5.13 Å². The van der Waals surface area contributed by atoms with Crippen LogP contribution in [-0.4, -0.2) is 41.1 Å². The molecule has 0 saturated carbocycles. The van der Waals surface area contributed by atoms with Crippen molar-refractivity contribution >= 4 is 44.4 Å². The maximum atomic E-state index is 12.9. The smallest absolute Gasteiger partial charge is 0.417 e. The Bertz CT molecular complexity index is 1320. The first kappa shape index (κ1) is 23.8. The van der Waals surface area contributed by atoms with Crippen LogP contribution in [0.3, 0.4) is 0 Å². The lowest BCUT2D eigenvalue weighted by atomic mass is 10.0. The summed E-state index contributed by atoms with van der Waals surface area (Å²) in [5.74, 6) is 0.500. The molecule has 1 amide bonds. The average molecular weight is 500 g/mol. The van der Waals surface area contributed by atoms with Gasteiger partial charge in [-0.25, -0.2) is 19.7 Å². The van der Waals surface area contributed by atoms with Crippen LogP contribution in [0.4, 0.5) is 15.6 Å². The van der Waals surface area contributed by atoms with Crippen molar-refractivity contribution in [1.82, 2.24) is 9.88 Å². The van der Waals surface area contributed by atoms with Crippen molar-refractivity contribution in [3.05, 3.63) is 90.0 Å². The number of thiazole rings is 1. The largest absolute Gasteiger partial charge is 0.449 e. The van der Waals surface area contributed by atoms with Gasteiger partial charge in [-0.15, -0.1) is 0 Å². The lowest BCUT2D eigenvalue weighted by molar-refractivity contribution is 0.118. The van der Waals surface area contributed by atoms with Crippen LogP contribution in [0.25, 0.3) is 10.2 Å². The van der Waals surface area contributed by atoms with Gasteiger partial charge in [0.2, 0.25) is 5.96 Å². The highest BCUT2D eigenvalue weighted by Gasteiger charge is 2.40. The van der Waals surface area contributed by atoms with Gasteiger partial charge in [0.1, 0.15) is 0 Å². The molecule has 1 aliphatic heterocycles. The number of amides is 1. The maximum Gasteiger partial charge on any atom is 0.417 e. The molecule has 7 nitrogen and oxygen atoms in total. The molecule has 2 atom stereocenters. The Kier molecular flexibility index (Phi) is 7.13. The van der Waals surface area contributed by atoms with Crippen LogP contribution in [-0.2, 0) is 11.2 Å². The Morgan fingerprint density at radius 2 is 1.78 bits per heavy atom. The minimum absolute atomic E-state index is 0.104. The molecule has 2 heterocycles. The van der Waals surface area contributed by atoms with Gasteiger partial charge in [-0.05, 0) is 55.7 Å². The van der Waals surface area contributed by atoms with Crippen LogP contribution in [0, 0.1) is 0 Å². The van der Waals surface area contributed by atoms with Crippen LogP contribution >= 0.6 is 11.3 Å². The summed E-state index contributed by atoms with van der Waals surface area (Å²) in [6, 6.07) is 26.0. The van der Waals surface area contributed by atoms with Crippen molar-refractivity contribution in [3.8, 4) is 0 Å². The molecule has 0 bridgehead atoms. The average Bonchev–Trinajstić information content (AvgIpc) is 3.45. The summed E-state index contributed by atoms with van der Waals surface area (Å²) in [6.45, 7) is 4.92. The Labute approximate surface area is 214 Å². The van der Waals surface area contributed by atoms with E-state index in [1.54, 1.807) is 16.2 Å². The fourth-order valence-electron chi connectivity index (χ4n) is 4.38. The van der Waals surface area contributed by atoms with Crippen molar-refractivity contribution in [2.24, 2.45) is 4.99 Å². The van der Waals surface area contributed by atoms with Gasteiger partial charge in [-0.3, -0.25) is 0 Å². The topological polar surface area (TPSA) is 78.9 Å². The summed E-state index contributed by atoms with van der Waals surface area (Å²) in [5, 5.41) is 7.70. The SMILES string of the molecule is CCOC(=O)N1C(Nc2ccc(CCNc3nc4ccccc4s3)cc2)=NC(C)C1c1ccccc1. The third-order valence-electron chi connectivity index (χ3n) is 6.09. The van der Waals surface area contributed by atoms with E-state index in [0.29, 0.717) is 12.6 Å². The number of ether oxygens (including phenoxy) is 1. The molecule has 2 unspecified atom stereocenters. The number of hydrogen-bond acceptors (Lipinski definition) is 7. The van der Waals surface area contributed by atoms with Gasteiger partial charge in [0, 0.05) is 12.2 Å². The van der Waals surface area contributed by atoms with Crippen molar-refractivity contribution in [3.63, 3.8) is 0 Å². The molecule has 0 saturated heterocycles. The summed E-state index contributed by atoms with van der Waals surface area (Å²) < 4.78 is 6.55. The van der Waals surface area contributed by atoms with Gasteiger partial charge >= 0.3 is 6.09 Å². The molecular weight excluding hydrogens is 470 g/mol. The second-order valence-corrected chi connectivity index (χ2v) is 9.63. The molecule has 3 aromatic carbocycles. The number of para-hydroxylation sites is 1. The Balaban J connectivity index is 1.23. The van der Waals surface area contributed by atoms with E-state index >= 15 is 0 Å². The summed E-state index contributed by atoms with van der Waals surface area (Å²) >= 11 is 1.67. The fourth-order valence-corrected chi connectivity index (χ4v) is 5.27. The first-order valence-corrected chi connectivity index (χ1v) is 13.0. The first-order chi connectivity index (χ1) is 17.6. The molecule has 1 aromatic heterocycles. The normalized spacial score (nSPS) is 17.2. The number of carbonyl (C=O) groups is 1. The van der Waals surface area contributed by atoms with Gasteiger partial charge in [-0.1, -0.05) is 65.9 Å². The van der Waals surface area contributed by atoms with E-state index in [2.05, 4.69) is 33.8 Å². The molecule has 2 N–H and O–H groups in total. The number of carbonyl (C=O) groups excluding carboxylic acids is 1. The minimum Gasteiger partial charge on any atom is -0.449 e. The van der Waals surface area contributed by atoms with Crippen molar-refractivity contribution in [1.29, 1.82) is 0 Å². The molecule has 36 heavy (non-hydrogen) atoms. The monoisotopic (exact) mass is 499 g/mol. The van der Waals surface area contributed by atoms with E-state index in [1.165, 1.54) is 10.3 Å². The number of fused-ring (bicyclic) bond motifs is 1. The second-order valence-electron chi connectivity index (χ2n) is 8.60. The number of aliphatic imine (C=N–C) groups is 1. The van der Waals surface area contributed by atoms with Crippen LogP contribution in [0.1, 0.15) is 31.0 Å². The zero-order valence-electron chi connectivity index (χ0n) is 20.3. The number of nitrogens with zero attached hydrogens (tertiary/aromatic N) is 3. The third kappa shape index (κ3) is 5.18. The van der Waals surface area contributed by atoms with Gasteiger partial charge in [-0.2, -0.15) is 0 Å². The predicted molar refractivity (Wildman–Crippen MR) is 147 cm³/mol. The van der Waals surface area contributed by atoms with E-state index in [4.69, 9.17) is 9.73 Å². The van der Waals surface area contributed by atoms with E-state index < -0.39 is 6.09 Å². The van der Waals surface area contributed by atoms with Gasteiger partial charge in [0.05, 0.1) is 28.9 Å². The van der Waals surface area contributed by atoms with E-state index in [1.807, 2.05) is 74.5 Å². The Hall–Kier alpha value is -3.91. The highest BCUT2D eigenvalue weighted by molar-refractivity contribution is 7.22. The Morgan fingerprint density at radius 1 is 1.03 bits per heavy atom. The summed E-state index contributed by atoms with van der Waals surface area (Å²) in [4.78, 5) is 23.9. The van der Waals surface area contributed by atoms with Crippen LogP contribution in [0.15, 0.2) is 83.9 Å². The molecule has 8 heteroatoms. The molecular formula is C28H29N5O2S. The summed E-state index contributed by atoms with van der Waals surface area (Å²) in [6.07, 6.45) is 0.471. The molecule has 0 radical (unpaired) electrons. The molecule has 0 spiro atoms. The highest BCUT2D eigenvalue weighted by Crippen LogP contribution is 2.33. The zero-order valence-corrected chi connectivity index (χ0v) is 21.2. The van der Waals surface area contributed by atoms with Crippen LogP contribution in [0.2, 0.25) is 0 Å². The van der Waals surface area contributed by atoms with E-state index in [0.717, 1.165) is 34.9 Å². The number of guanidine groups is 1. The lowest BCUT2D eigenvalue weighted by Gasteiger charge is -2.27. The molecule has 0 aliphatic carbocycles. The summed E-state index contributed by atoms with van der Waals surface area (Å²) in [7, 11) is 0.